The Bertz CT molecular complexity index is 905. The van der Waals surface area contributed by atoms with Gasteiger partial charge in [0.15, 0.2) is 0 Å². The second-order valence-corrected chi connectivity index (χ2v) is 5.08. The van der Waals surface area contributed by atoms with Gasteiger partial charge in [-0.2, -0.15) is 0 Å². The average molecular weight is 258 g/mol. The van der Waals surface area contributed by atoms with Gasteiger partial charge in [-0.1, -0.05) is 29.8 Å². The number of benzene rings is 2. The van der Waals surface area contributed by atoms with Crippen molar-refractivity contribution in [2.24, 2.45) is 0 Å². The fourth-order valence-electron chi connectivity index (χ4n) is 2.86. The predicted molar refractivity (Wildman–Crippen MR) is 83.3 cm³/mol. The lowest BCUT2D eigenvalue weighted by Gasteiger charge is -2.06. The monoisotopic (exact) mass is 258 g/mol. The van der Waals surface area contributed by atoms with Gasteiger partial charge in [-0.25, -0.2) is 0 Å². The number of hydrogen-bond acceptors (Lipinski definition) is 1. The van der Waals surface area contributed by atoms with Crippen molar-refractivity contribution in [2.75, 3.05) is 0 Å². The smallest absolute Gasteiger partial charge is 0.0541 e. The van der Waals surface area contributed by atoms with Crippen LogP contribution in [0.1, 0.15) is 5.56 Å². The fourth-order valence-corrected chi connectivity index (χ4v) is 2.86. The van der Waals surface area contributed by atoms with Crippen LogP contribution in [0.25, 0.3) is 27.5 Å². The molecule has 2 aromatic carbocycles. The molecule has 96 valence electrons. The summed E-state index contributed by atoms with van der Waals surface area (Å²) in [4.78, 5) is 4.12. The molecule has 0 fully saturated rings. The van der Waals surface area contributed by atoms with Crippen molar-refractivity contribution in [3.05, 3.63) is 72.6 Å². The fraction of sp³-hybridized carbons (Fsp3) is 0.0556. The minimum atomic E-state index is 1.15. The van der Waals surface area contributed by atoms with Gasteiger partial charge in [0, 0.05) is 28.9 Å². The molecule has 0 atom stereocenters. The molecular weight excluding hydrogens is 244 g/mol. The highest BCUT2D eigenvalue weighted by molar-refractivity contribution is 6.09. The highest BCUT2D eigenvalue weighted by atomic mass is 15.0. The predicted octanol–water partition coefficient (Wildman–Crippen LogP) is 4.49. The number of fused-ring (bicyclic) bond motifs is 3. The minimum Gasteiger partial charge on any atom is -0.309 e. The summed E-state index contributed by atoms with van der Waals surface area (Å²) in [5.74, 6) is 0. The van der Waals surface area contributed by atoms with Crippen molar-refractivity contribution in [1.82, 2.24) is 9.55 Å². The number of aromatic nitrogens is 2. The Hall–Kier alpha value is -2.61. The standard InChI is InChI=1S/C18H14N2/c1-13-6-7-18-16(12-13)15-4-2-3-5-17(15)20(18)14-8-10-19-11-9-14/h2-12H,1H3. The molecule has 0 aliphatic heterocycles. The lowest BCUT2D eigenvalue weighted by atomic mass is 10.1. The van der Waals surface area contributed by atoms with Gasteiger partial charge in [-0.05, 0) is 37.3 Å². The molecule has 0 saturated heterocycles. The van der Waals surface area contributed by atoms with E-state index in [1.807, 2.05) is 24.5 Å². The lowest BCUT2D eigenvalue weighted by molar-refractivity contribution is 1.15. The SMILES string of the molecule is Cc1ccc2c(c1)c1ccccc1n2-c1ccncc1. The number of nitrogens with zero attached hydrogens (tertiary/aromatic N) is 2. The summed E-state index contributed by atoms with van der Waals surface area (Å²) in [5, 5.41) is 2.60. The molecule has 0 saturated carbocycles. The van der Waals surface area contributed by atoms with Crippen molar-refractivity contribution in [3.8, 4) is 5.69 Å². The van der Waals surface area contributed by atoms with E-state index < -0.39 is 0 Å². The van der Waals surface area contributed by atoms with Gasteiger partial charge in [0.05, 0.1) is 11.0 Å². The van der Waals surface area contributed by atoms with E-state index in [4.69, 9.17) is 0 Å². The quantitative estimate of drug-likeness (QED) is 0.492. The van der Waals surface area contributed by atoms with Gasteiger partial charge in [-0.15, -0.1) is 0 Å². The normalized spacial score (nSPS) is 11.2. The second-order valence-electron chi connectivity index (χ2n) is 5.08. The Kier molecular flexibility index (Phi) is 2.36. The Morgan fingerprint density at radius 1 is 0.800 bits per heavy atom. The number of hydrogen-bond donors (Lipinski definition) is 0. The van der Waals surface area contributed by atoms with Crippen LogP contribution in [-0.2, 0) is 0 Å². The maximum Gasteiger partial charge on any atom is 0.0541 e. The molecule has 4 rings (SSSR count). The van der Waals surface area contributed by atoms with Gasteiger partial charge in [0.2, 0.25) is 0 Å². The van der Waals surface area contributed by atoms with Crippen LogP contribution in [-0.4, -0.2) is 9.55 Å². The van der Waals surface area contributed by atoms with E-state index in [2.05, 4.69) is 58.9 Å². The van der Waals surface area contributed by atoms with Crippen LogP contribution >= 0.6 is 0 Å². The summed E-state index contributed by atoms with van der Waals surface area (Å²) in [6.07, 6.45) is 3.67. The molecule has 0 bridgehead atoms. The number of rotatable bonds is 1. The van der Waals surface area contributed by atoms with Crippen LogP contribution < -0.4 is 0 Å². The van der Waals surface area contributed by atoms with Crippen LogP contribution in [0.4, 0.5) is 0 Å². The summed E-state index contributed by atoms with van der Waals surface area (Å²) >= 11 is 0. The molecule has 20 heavy (non-hydrogen) atoms. The second kappa shape index (κ2) is 4.20. The molecule has 0 unspecified atom stereocenters. The van der Waals surface area contributed by atoms with E-state index in [1.54, 1.807) is 0 Å². The summed E-state index contributed by atoms with van der Waals surface area (Å²) in [7, 11) is 0. The first kappa shape index (κ1) is 11.2. The molecule has 0 aliphatic carbocycles. The van der Waals surface area contributed by atoms with Gasteiger partial charge >= 0.3 is 0 Å². The van der Waals surface area contributed by atoms with Gasteiger partial charge in [0.25, 0.3) is 0 Å². The van der Waals surface area contributed by atoms with Crippen LogP contribution in [0.3, 0.4) is 0 Å². The highest BCUT2D eigenvalue weighted by Crippen LogP contribution is 2.32. The zero-order chi connectivity index (χ0) is 13.5. The van der Waals surface area contributed by atoms with Crippen molar-refractivity contribution < 1.29 is 0 Å². The number of aryl methyl sites for hydroxylation is 1. The average Bonchev–Trinajstić information content (AvgIpc) is 2.82. The Balaban J connectivity index is 2.22. The van der Waals surface area contributed by atoms with E-state index in [0.29, 0.717) is 0 Å². The lowest BCUT2D eigenvalue weighted by Crippen LogP contribution is -1.93. The molecule has 0 N–H and O–H groups in total. The van der Waals surface area contributed by atoms with E-state index in [0.717, 1.165) is 5.69 Å². The molecular formula is C18H14N2. The molecule has 4 aromatic rings. The largest absolute Gasteiger partial charge is 0.309 e. The summed E-state index contributed by atoms with van der Waals surface area (Å²) in [6, 6.07) is 19.3. The number of pyridine rings is 1. The van der Waals surface area contributed by atoms with Gasteiger partial charge in [0.1, 0.15) is 0 Å². The summed E-state index contributed by atoms with van der Waals surface area (Å²) in [6.45, 7) is 2.14. The highest BCUT2D eigenvalue weighted by Gasteiger charge is 2.11. The summed E-state index contributed by atoms with van der Waals surface area (Å²) in [5.41, 5.74) is 4.91. The summed E-state index contributed by atoms with van der Waals surface area (Å²) < 4.78 is 2.30. The molecule has 0 aliphatic rings. The molecule has 0 spiro atoms. The third-order valence-electron chi connectivity index (χ3n) is 3.75. The van der Waals surface area contributed by atoms with E-state index in [-0.39, 0.29) is 0 Å². The van der Waals surface area contributed by atoms with Crippen LogP contribution in [0.15, 0.2) is 67.0 Å². The Labute approximate surface area is 117 Å². The first-order valence-electron chi connectivity index (χ1n) is 6.75. The van der Waals surface area contributed by atoms with Crippen molar-refractivity contribution >= 4 is 21.8 Å². The molecule has 0 radical (unpaired) electrons. The zero-order valence-electron chi connectivity index (χ0n) is 11.2. The topological polar surface area (TPSA) is 17.8 Å². The molecule has 2 nitrogen and oxygen atoms in total. The van der Waals surface area contributed by atoms with Crippen LogP contribution in [0.2, 0.25) is 0 Å². The van der Waals surface area contributed by atoms with E-state index >= 15 is 0 Å². The first-order valence-corrected chi connectivity index (χ1v) is 6.75. The zero-order valence-corrected chi connectivity index (χ0v) is 11.2. The third-order valence-corrected chi connectivity index (χ3v) is 3.75. The Morgan fingerprint density at radius 3 is 2.40 bits per heavy atom. The van der Waals surface area contributed by atoms with Crippen molar-refractivity contribution in [2.45, 2.75) is 6.92 Å². The van der Waals surface area contributed by atoms with Crippen molar-refractivity contribution in [1.29, 1.82) is 0 Å². The number of para-hydroxylation sites is 1. The maximum absolute atomic E-state index is 4.12. The van der Waals surface area contributed by atoms with Gasteiger partial charge in [-0.3, -0.25) is 4.98 Å². The molecule has 2 heteroatoms. The molecule has 0 amide bonds. The van der Waals surface area contributed by atoms with Gasteiger partial charge < -0.3 is 4.57 Å². The molecule has 2 aromatic heterocycles. The molecule has 2 heterocycles. The Morgan fingerprint density at radius 2 is 1.55 bits per heavy atom. The van der Waals surface area contributed by atoms with E-state index in [9.17, 15) is 0 Å². The minimum absolute atomic E-state index is 1.15. The third kappa shape index (κ3) is 1.55. The van der Waals surface area contributed by atoms with Crippen LogP contribution in [0, 0.1) is 6.92 Å². The van der Waals surface area contributed by atoms with E-state index in [1.165, 1.54) is 27.4 Å². The maximum atomic E-state index is 4.12. The first-order chi connectivity index (χ1) is 9.84. The van der Waals surface area contributed by atoms with Crippen molar-refractivity contribution in [3.63, 3.8) is 0 Å². The van der Waals surface area contributed by atoms with Crippen LogP contribution in [0.5, 0.6) is 0 Å².